The second-order valence-corrected chi connectivity index (χ2v) is 6.89. The van der Waals surface area contributed by atoms with Gasteiger partial charge in [-0.15, -0.1) is 0 Å². The molecule has 150 valence electrons. The SMILES string of the molecule is COc1ccc(CCC(=O)N[C@@H]2CC[C@@H]3OCCO[C@@H]3C2)c(OC)c1OC. The highest BCUT2D eigenvalue weighted by atomic mass is 16.6. The summed E-state index contributed by atoms with van der Waals surface area (Å²) in [5.41, 5.74) is 0.915. The van der Waals surface area contributed by atoms with Gasteiger partial charge in [0.25, 0.3) is 0 Å². The van der Waals surface area contributed by atoms with Crippen molar-refractivity contribution in [1.29, 1.82) is 0 Å². The Bertz CT molecular complexity index is 650. The van der Waals surface area contributed by atoms with Gasteiger partial charge < -0.3 is 29.0 Å². The van der Waals surface area contributed by atoms with Gasteiger partial charge in [0.15, 0.2) is 11.5 Å². The summed E-state index contributed by atoms with van der Waals surface area (Å²) in [7, 11) is 4.75. The van der Waals surface area contributed by atoms with Crippen molar-refractivity contribution < 1.29 is 28.5 Å². The molecule has 1 aromatic carbocycles. The molecule has 0 spiro atoms. The topological polar surface area (TPSA) is 75.3 Å². The summed E-state index contributed by atoms with van der Waals surface area (Å²) in [6, 6.07) is 3.88. The number of aryl methyl sites for hydroxylation is 1. The van der Waals surface area contributed by atoms with Crippen LogP contribution >= 0.6 is 0 Å². The van der Waals surface area contributed by atoms with Crippen molar-refractivity contribution in [2.75, 3.05) is 34.5 Å². The Kier molecular flexibility index (Phi) is 6.79. The van der Waals surface area contributed by atoms with Crippen LogP contribution in [-0.2, 0) is 20.7 Å². The van der Waals surface area contributed by atoms with Crippen LogP contribution in [0.5, 0.6) is 17.2 Å². The van der Waals surface area contributed by atoms with Crippen molar-refractivity contribution in [2.24, 2.45) is 0 Å². The number of carbonyl (C=O) groups is 1. The monoisotopic (exact) mass is 379 g/mol. The van der Waals surface area contributed by atoms with E-state index in [1.807, 2.05) is 12.1 Å². The summed E-state index contributed by atoms with van der Waals surface area (Å²) in [5, 5.41) is 3.14. The number of amides is 1. The molecule has 1 saturated carbocycles. The fraction of sp³-hybridized carbons (Fsp3) is 0.650. The third-order valence-electron chi connectivity index (χ3n) is 5.25. The van der Waals surface area contributed by atoms with E-state index < -0.39 is 0 Å². The summed E-state index contributed by atoms with van der Waals surface area (Å²) in [6.07, 6.45) is 3.90. The minimum atomic E-state index is 0.0343. The predicted molar refractivity (Wildman–Crippen MR) is 99.7 cm³/mol. The van der Waals surface area contributed by atoms with Crippen molar-refractivity contribution in [2.45, 2.75) is 50.4 Å². The highest BCUT2D eigenvalue weighted by molar-refractivity contribution is 5.76. The first-order chi connectivity index (χ1) is 13.2. The summed E-state index contributed by atoms with van der Waals surface area (Å²) in [4.78, 5) is 12.4. The van der Waals surface area contributed by atoms with E-state index in [0.717, 1.165) is 24.8 Å². The van der Waals surface area contributed by atoms with Crippen LogP contribution in [0, 0.1) is 0 Å². The van der Waals surface area contributed by atoms with Crippen LogP contribution in [0.15, 0.2) is 12.1 Å². The van der Waals surface area contributed by atoms with Crippen molar-refractivity contribution in [3.63, 3.8) is 0 Å². The van der Waals surface area contributed by atoms with Crippen LogP contribution in [0.2, 0.25) is 0 Å². The average molecular weight is 379 g/mol. The molecule has 2 aliphatic rings. The molecule has 2 fully saturated rings. The molecule has 1 saturated heterocycles. The molecule has 27 heavy (non-hydrogen) atoms. The number of benzene rings is 1. The van der Waals surface area contributed by atoms with E-state index in [-0.39, 0.29) is 24.2 Å². The first-order valence-corrected chi connectivity index (χ1v) is 9.46. The molecule has 0 aromatic heterocycles. The number of hydrogen-bond acceptors (Lipinski definition) is 6. The van der Waals surface area contributed by atoms with Gasteiger partial charge in [-0.2, -0.15) is 0 Å². The molecule has 1 aliphatic heterocycles. The second-order valence-electron chi connectivity index (χ2n) is 6.89. The van der Waals surface area contributed by atoms with E-state index in [0.29, 0.717) is 43.3 Å². The maximum absolute atomic E-state index is 12.4. The zero-order chi connectivity index (χ0) is 19.2. The van der Waals surface area contributed by atoms with Gasteiger partial charge in [-0.1, -0.05) is 6.07 Å². The number of methoxy groups -OCH3 is 3. The lowest BCUT2D eigenvalue weighted by molar-refractivity contribution is -0.158. The Balaban J connectivity index is 1.55. The number of nitrogens with one attached hydrogen (secondary N) is 1. The standard InChI is InChI=1S/C20H29NO6/c1-23-16-7-4-13(19(24-2)20(16)25-3)5-9-18(22)21-14-6-8-15-17(12-14)27-11-10-26-15/h4,7,14-15,17H,5-6,8-12H2,1-3H3,(H,21,22)/t14-,15+,17-/m1/s1. The number of fused-ring (bicyclic) bond motifs is 1. The van der Waals surface area contributed by atoms with E-state index in [9.17, 15) is 4.79 Å². The molecule has 1 N–H and O–H groups in total. The van der Waals surface area contributed by atoms with Crippen LogP contribution in [0.1, 0.15) is 31.2 Å². The van der Waals surface area contributed by atoms with E-state index in [2.05, 4.69) is 5.32 Å². The molecule has 0 radical (unpaired) electrons. The highest BCUT2D eigenvalue weighted by Gasteiger charge is 2.34. The molecular weight excluding hydrogens is 350 g/mol. The van der Waals surface area contributed by atoms with Crippen molar-refractivity contribution in [1.82, 2.24) is 5.32 Å². The fourth-order valence-electron chi connectivity index (χ4n) is 3.91. The summed E-state index contributed by atoms with van der Waals surface area (Å²) >= 11 is 0. The maximum Gasteiger partial charge on any atom is 0.220 e. The summed E-state index contributed by atoms with van der Waals surface area (Å²) in [5.74, 6) is 1.80. The van der Waals surface area contributed by atoms with Crippen LogP contribution in [0.25, 0.3) is 0 Å². The first kappa shape index (κ1) is 19.8. The lowest BCUT2D eigenvalue weighted by Gasteiger charge is -2.39. The van der Waals surface area contributed by atoms with Gasteiger partial charge in [0.2, 0.25) is 11.7 Å². The zero-order valence-corrected chi connectivity index (χ0v) is 16.3. The molecule has 0 unspecified atom stereocenters. The predicted octanol–water partition coefficient (Wildman–Crippen LogP) is 2.10. The molecule has 0 bridgehead atoms. The highest BCUT2D eigenvalue weighted by Crippen LogP contribution is 2.40. The van der Waals surface area contributed by atoms with Gasteiger partial charge in [-0.05, 0) is 37.3 Å². The van der Waals surface area contributed by atoms with Crippen molar-refractivity contribution >= 4 is 5.91 Å². The quantitative estimate of drug-likeness (QED) is 0.782. The number of rotatable bonds is 7. The van der Waals surface area contributed by atoms with Crippen LogP contribution < -0.4 is 19.5 Å². The lowest BCUT2D eigenvalue weighted by atomic mass is 9.89. The molecule has 1 amide bonds. The van der Waals surface area contributed by atoms with Gasteiger partial charge in [-0.25, -0.2) is 0 Å². The van der Waals surface area contributed by atoms with Crippen LogP contribution in [-0.4, -0.2) is 58.7 Å². The molecule has 7 heteroatoms. The second kappa shape index (κ2) is 9.28. The maximum atomic E-state index is 12.4. The molecule has 1 aromatic rings. The fourth-order valence-corrected chi connectivity index (χ4v) is 3.91. The van der Waals surface area contributed by atoms with E-state index in [1.54, 1.807) is 21.3 Å². The van der Waals surface area contributed by atoms with Crippen molar-refractivity contribution in [3.8, 4) is 17.2 Å². The molecule has 1 heterocycles. The average Bonchev–Trinajstić information content (AvgIpc) is 2.71. The molecular formula is C20H29NO6. The number of carbonyl (C=O) groups excluding carboxylic acids is 1. The Labute approximate surface area is 160 Å². The number of ether oxygens (including phenoxy) is 5. The van der Waals surface area contributed by atoms with Crippen LogP contribution in [0.3, 0.4) is 0 Å². The third kappa shape index (κ3) is 4.65. The minimum Gasteiger partial charge on any atom is -0.493 e. The molecule has 3 atom stereocenters. The summed E-state index contributed by atoms with van der Waals surface area (Å²) < 4.78 is 27.7. The Morgan fingerprint density at radius 2 is 1.78 bits per heavy atom. The van der Waals surface area contributed by atoms with Gasteiger partial charge in [0.05, 0.1) is 46.8 Å². The molecule has 3 rings (SSSR count). The van der Waals surface area contributed by atoms with Gasteiger partial charge >= 0.3 is 0 Å². The minimum absolute atomic E-state index is 0.0343. The normalized spacial score (nSPS) is 24.6. The largest absolute Gasteiger partial charge is 0.493 e. The van der Waals surface area contributed by atoms with Gasteiger partial charge in [-0.3, -0.25) is 4.79 Å². The van der Waals surface area contributed by atoms with E-state index in [4.69, 9.17) is 23.7 Å². The van der Waals surface area contributed by atoms with Gasteiger partial charge in [0, 0.05) is 12.5 Å². The Morgan fingerprint density at radius 3 is 2.48 bits per heavy atom. The summed E-state index contributed by atoms with van der Waals surface area (Å²) in [6.45, 7) is 1.31. The lowest BCUT2D eigenvalue weighted by Crippen LogP contribution is -2.49. The Morgan fingerprint density at radius 1 is 1.04 bits per heavy atom. The van der Waals surface area contributed by atoms with E-state index in [1.165, 1.54) is 0 Å². The third-order valence-corrected chi connectivity index (χ3v) is 5.25. The van der Waals surface area contributed by atoms with E-state index >= 15 is 0 Å². The zero-order valence-electron chi connectivity index (χ0n) is 16.3. The van der Waals surface area contributed by atoms with Crippen LogP contribution in [0.4, 0.5) is 0 Å². The number of hydrogen-bond donors (Lipinski definition) is 1. The van der Waals surface area contributed by atoms with Gasteiger partial charge in [0.1, 0.15) is 0 Å². The smallest absolute Gasteiger partial charge is 0.220 e. The first-order valence-electron chi connectivity index (χ1n) is 9.46. The Hall–Kier alpha value is -1.99. The van der Waals surface area contributed by atoms with Crippen molar-refractivity contribution in [3.05, 3.63) is 17.7 Å². The molecule has 7 nitrogen and oxygen atoms in total. The molecule has 1 aliphatic carbocycles.